The molecule has 4 nitrogen and oxygen atoms in total. The minimum Gasteiger partial charge on any atom is -0.478 e. The maximum absolute atomic E-state index is 11.8. The number of hydrogen-bond acceptors (Lipinski definition) is 3. The van der Waals surface area contributed by atoms with Gasteiger partial charge in [0.1, 0.15) is 0 Å². The van der Waals surface area contributed by atoms with Crippen LogP contribution in [0.5, 0.6) is 0 Å². The minimum absolute atomic E-state index is 0.0900. The number of carboxylic acid groups (broad SMARTS) is 1. The van der Waals surface area contributed by atoms with Gasteiger partial charge in [-0.15, -0.1) is 0 Å². The molecule has 0 aliphatic heterocycles. The number of carbonyl (C=O) groups is 2. The molecule has 0 saturated heterocycles. The first-order valence-corrected chi connectivity index (χ1v) is 7.05. The Bertz CT molecular complexity index is 465. The summed E-state index contributed by atoms with van der Waals surface area (Å²) >= 11 is 7.49. The summed E-state index contributed by atoms with van der Waals surface area (Å²) in [5, 5.41) is 11.8. The van der Waals surface area contributed by atoms with Gasteiger partial charge < -0.3 is 10.4 Å². The molecule has 18 heavy (non-hydrogen) atoms. The number of hydrogen-bond donors (Lipinski definition) is 2. The standard InChI is InChI=1S/C12H14ClNO3S/c1-7(6-18-2)11(15)14-10-5-8(12(16)17)3-4-9(10)13/h3-5,7H,6H2,1-2H3,(H,14,15)(H,16,17). The van der Waals surface area contributed by atoms with E-state index in [4.69, 9.17) is 16.7 Å². The Morgan fingerprint density at radius 1 is 1.50 bits per heavy atom. The lowest BCUT2D eigenvalue weighted by Gasteiger charge is -2.12. The average molecular weight is 288 g/mol. The molecule has 1 rings (SSSR count). The van der Waals surface area contributed by atoms with Gasteiger partial charge in [0.05, 0.1) is 16.3 Å². The predicted molar refractivity (Wildman–Crippen MR) is 74.6 cm³/mol. The number of rotatable bonds is 5. The second-order valence-corrected chi connectivity index (χ2v) is 5.16. The van der Waals surface area contributed by atoms with Crippen LogP contribution < -0.4 is 5.32 Å². The predicted octanol–water partition coefficient (Wildman–Crippen LogP) is 2.98. The highest BCUT2D eigenvalue weighted by Gasteiger charge is 2.15. The largest absolute Gasteiger partial charge is 0.478 e. The van der Waals surface area contributed by atoms with Crippen LogP contribution in [0.4, 0.5) is 5.69 Å². The van der Waals surface area contributed by atoms with E-state index in [2.05, 4.69) is 5.32 Å². The molecule has 2 N–H and O–H groups in total. The van der Waals surface area contributed by atoms with E-state index in [1.807, 2.05) is 6.26 Å². The zero-order chi connectivity index (χ0) is 13.7. The third-order valence-electron chi connectivity index (χ3n) is 2.34. The van der Waals surface area contributed by atoms with Crippen molar-refractivity contribution < 1.29 is 14.7 Å². The summed E-state index contributed by atoms with van der Waals surface area (Å²) in [6.07, 6.45) is 1.92. The van der Waals surface area contributed by atoms with Gasteiger partial charge in [0, 0.05) is 11.7 Å². The van der Waals surface area contributed by atoms with Gasteiger partial charge in [-0.3, -0.25) is 4.79 Å². The Morgan fingerprint density at radius 3 is 2.72 bits per heavy atom. The molecule has 0 saturated carbocycles. The normalized spacial score (nSPS) is 11.9. The van der Waals surface area contributed by atoms with E-state index in [-0.39, 0.29) is 17.4 Å². The fraction of sp³-hybridized carbons (Fsp3) is 0.333. The maximum Gasteiger partial charge on any atom is 0.335 e. The molecule has 98 valence electrons. The van der Waals surface area contributed by atoms with E-state index in [1.165, 1.54) is 18.2 Å². The van der Waals surface area contributed by atoms with Gasteiger partial charge >= 0.3 is 5.97 Å². The molecular formula is C12H14ClNO3S. The van der Waals surface area contributed by atoms with E-state index in [0.717, 1.165) is 0 Å². The van der Waals surface area contributed by atoms with Crippen molar-refractivity contribution >= 4 is 40.9 Å². The van der Waals surface area contributed by atoms with Crippen molar-refractivity contribution in [2.75, 3.05) is 17.3 Å². The number of benzene rings is 1. The third-order valence-corrected chi connectivity index (χ3v) is 3.50. The molecule has 0 aliphatic rings. The summed E-state index contributed by atoms with van der Waals surface area (Å²) in [6, 6.07) is 4.21. The Balaban J connectivity index is 2.86. The van der Waals surface area contributed by atoms with E-state index in [9.17, 15) is 9.59 Å². The molecule has 1 aromatic carbocycles. The molecule has 0 fully saturated rings. The molecule has 1 atom stereocenters. The molecular weight excluding hydrogens is 274 g/mol. The quantitative estimate of drug-likeness (QED) is 0.874. The second-order valence-electron chi connectivity index (χ2n) is 3.85. The Kier molecular flexibility index (Phi) is 5.50. The monoisotopic (exact) mass is 287 g/mol. The molecule has 1 aromatic rings. The van der Waals surface area contributed by atoms with Crippen LogP contribution in [-0.4, -0.2) is 29.0 Å². The van der Waals surface area contributed by atoms with E-state index >= 15 is 0 Å². The summed E-state index contributed by atoms with van der Waals surface area (Å²) in [6.45, 7) is 1.81. The van der Waals surface area contributed by atoms with Crippen molar-refractivity contribution in [3.8, 4) is 0 Å². The maximum atomic E-state index is 11.8. The van der Waals surface area contributed by atoms with Gasteiger partial charge in [0.25, 0.3) is 0 Å². The van der Waals surface area contributed by atoms with Crippen molar-refractivity contribution in [1.29, 1.82) is 0 Å². The number of amides is 1. The fourth-order valence-electron chi connectivity index (χ4n) is 1.34. The van der Waals surface area contributed by atoms with Crippen molar-refractivity contribution in [3.63, 3.8) is 0 Å². The van der Waals surface area contributed by atoms with Crippen molar-refractivity contribution in [3.05, 3.63) is 28.8 Å². The number of thioether (sulfide) groups is 1. The number of carboxylic acids is 1. The number of halogens is 1. The molecule has 0 aromatic heterocycles. The number of carbonyl (C=O) groups excluding carboxylic acids is 1. The van der Waals surface area contributed by atoms with Gasteiger partial charge in [0.15, 0.2) is 0 Å². The summed E-state index contributed by atoms with van der Waals surface area (Å²) in [7, 11) is 0. The first kappa shape index (κ1) is 14.9. The third kappa shape index (κ3) is 3.92. The van der Waals surface area contributed by atoms with Crippen LogP contribution in [0, 0.1) is 5.92 Å². The molecule has 0 bridgehead atoms. The van der Waals surface area contributed by atoms with Gasteiger partial charge in [-0.25, -0.2) is 4.79 Å². The highest BCUT2D eigenvalue weighted by Crippen LogP contribution is 2.24. The topological polar surface area (TPSA) is 66.4 Å². The van der Waals surface area contributed by atoms with Crippen LogP contribution in [0.15, 0.2) is 18.2 Å². The lowest BCUT2D eigenvalue weighted by molar-refractivity contribution is -0.118. The highest BCUT2D eigenvalue weighted by atomic mass is 35.5. The first-order chi connectivity index (χ1) is 8.45. The van der Waals surface area contributed by atoms with Crippen LogP contribution in [0.1, 0.15) is 17.3 Å². The summed E-state index contributed by atoms with van der Waals surface area (Å²) in [4.78, 5) is 22.6. The highest BCUT2D eigenvalue weighted by molar-refractivity contribution is 7.98. The van der Waals surface area contributed by atoms with Crippen LogP contribution in [0.3, 0.4) is 0 Å². The minimum atomic E-state index is -1.06. The second kappa shape index (κ2) is 6.66. The van der Waals surface area contributed by atoms with Gasteiger partial charge in [-0.1, -0.05) is 18.5 Å². The van der Waals surface area contributed by atoms with Gasteiger partial charge in [-0.2, -0.15) is 11.8 Å². The Morgan fingerprint density at radius 2 is 2.17 bits per heavy atom. The average Bonchev–Trinajstić information content (AvgIpc) is 2.31. The van der Waals surface area contributed by atoms with Gasteiger partial charge in [-0.05, 0) is 24.5 Å². The van der Waals surface area contributed by atoms with Gasteiger partial charge in [0.2, 0.25) is 5.91 Å². The molecule has 1 unspecified atom stereocenters. The summed E-state index contributed by atoms with van der Waals surface area (Å²) < 4.78 is 0. The summed E-state index contributed by atoms with van der Waals surface area (Å²) in [5.41, 5.74) is 0.418. The molecule has 0 heterocycles. The lowest BCUT2D eigenvalue weighted by atomic mass is 10.1. The zero-order valence-corrected chi connectivity index (χ0v) is 11.6. The van der Waals surface area contributed by atoms with E-state index in [0.29, 0.717) is 16.5 Å². The van der Waals surface area contributed by atoms with E-state index in [1.54, 1.807) is 18.7 Å². The molecule has 1 amide bonds. The van der Waals surface area contributed by atoms with Crippen LogP contribution in [-0.2, 0) is 4.79 Å². The van der Waals surface area contributed by atoms with Crippen molar-refractivity contribution in [2.24, 2.45) is 5.92 Å². The SMILES string of the molecule is CSCC(C)C(=O)Nc1cc(C(=O)O)ccc1Cl. The molecule has 0 spiro atoms. The summed E-state index contributed by atoms with van der Waals surface area (Å²) in [5.74, 6) is -0.695. The van der Waals surface area contributed by atoms with Crippen LogP contribution in [0.2, 0.25) is 5.02 Å². The Hall–Kier alpha value is -1.20. The number of nitrogens with one attached hydrogen (secondary N) is 1. The fourth-order valence-corrected chi connectivity index (χ4v) is 2.15. The van der Waals surface area contributed by atoms with Crippen LogP contribution in [0.25, 0.3) is 0 Å². The smallest absolute Gasteiger partial charge is 0.335 e. The van der Waals surface area contributed by atoms with Crippen LogP contribution >= 0.6 is 23.4 Å². The number of aromatic carboxylic acids is 1. The molecule has 0 radical (unpaired) electrons. The molecule has 0 aliphatic carbocycles. The molecule has 6 heteroatoms. The Labute approximate surface area is 115 Å². The lowest BCUT2D eigenvalue weighted by Crippen LogP contribution is -2.22. The van der Waals surface area contributed by atoms with Crippen molar-refractivity contribution in [1.82, 2.24) is 0 Å². The number of anilines is 1. The zero-order valence-electron chi connectivity index (χ0n) is 10.1. The van der Waals surface area contributed by atoms with E-state index < -0.39 is 5.97 Å². The first-order valence-electron chi connectivity index (χ1n) is 5.28. The van der Waals surface area contributed by atoms with Crippen molar-refractivity contribution in [2.45, 2.75) is 6.92 Å².